The minimum absolute atomic E-state index is 0.0959. The summed E-state index contributed by atoms with van der Waals surface area (Å²) in [5.41, 5.74) is 3.76. The highest BCUT2D eigenvalue weighted by molar-refractivity contribution is 6.28. The Balaban J connectivity index is 1.83. The molecule has 3 heteroatoms. The molecule has 24 heavy (non-hydrogen) atoms. The number of hydrogen-bond donors (Lipinski definition) is 0. The summed E-state index contributed by atoms with van der Waals surface area (Å²) in [7, 11) is 1.62. The maximum atomic E-state index is 12.8. The number of fused-ring (bicyclic) bond motifs is 2. The third-order valence-corrected chi connectivity index (χ3v) is 4.35. The van der Waals surface area contributed by atoms with Crippen molar-refractivity contribution >= 4 is 11.6 Å². The van der Waals surface area contributed by atoms with E-state index < -0.39 is 0 Å². The van der Waals surface area contributed by atoms with Gasteiger partial charge < -0.3 is 4.74 Å². The fourth-order valence-corrected chi connectivity index (χ4v) is 3.06. The Hall–Kier alpha value is -3.20. The van der Waals surface area contributed by atoms with Gasteiger partial charge in [-0.25, -0.2) is 0 Å². The van der Waals surface area contributed by atoms with Crippen LogP contribution in [0.5, 0.6) is 5.75 Å². The predicted octanol–water partition coefficient (Wildman–Crippen LogP) is 4.14. The Labute approximate surface area is 139 Å². The maximum absolute atomic E-state index is 12.8. The summed E-state index contributed by atoms with van der Waals surface area (Å²) in [6.07, 6.45) is 0. The van der Waals surface area contributed by atoms with E-state index in [1.807, 2.05) is 30.3 Å². The average Bonchev–Trinajstić information content (AvgIpc) is 2.66. The van der Waals surface area contributed by atoms with Crippen molar-refractivity contribution in [2.24, 2.45) is 0 Å². The molecule has 3 nitrogen and oxygen atoms in total. The minimum Gasteiger partial charge on any atom is -0.497 e. The third kappa shape index (κ3) is 2.14. The topological polar surface area (TPSA) is 43.4 Å². The van der Waals surface area contributed by atoms with E-state index in [-0.39, 0.29) is 11.6 Å². The molecule has 1 aliphatic carbocycles. The van der Waals surface area contributed by atoms with Crippen LogP contribution in [0.15, 0.2) is 66.7 Å². The normalized spacial score (nSPS) is 12.5. The van der Waals surface area contributed by atoms with Gasteiger partial charge in [-0.2, -0.15) is 0 Å². The zero-order valence-corrected chi connectivity index (χ0v) is 13.1. The Morgan fingerprint density at radius 1 is 0.625 bits per heavy atom. The lowest BCUT2D eigenvalue weighted by molar-refractivity contribution is 0.0979. The molecule has 0 fully saturated rings. The molecule has 116 valence electrons. The third-order valence-electron chi connectivity index (χ3n) is 4.35. The molecule has 0 bridgehead atoms. The van der Waals surface area contributed by atoms with E-state index in [4.69, 9.17) is 4.74 Å². The van der Waals surface area contributed by atoms with Crippen molar-refractivity contribution < 1.29 is 14.3 Å². The maximum Gasteiger partial charge on any atom is 0.194 e. The van der Waals surface area contributed by atoms with E-state index in [9.17, 15) is 9.59 Å². The highest BCUT2D eigenvalue weighted by Gasteiger charge is 2.29. The van der Waals surface area contributed by atoms with E-state index >= 15 is 0 Å². The fraction of sp³-hybridized carbons (Fsp3) is 0.0476. The summed E-state index contributed by atoms with van der Waals surface area (Å²) in [6, 6.07) is 20.0. The van der Waals surface area contributed by atoms with Crippen LogP contribution < -0.4 is 4.74 Å². The SMILES string of the molecule is COc1ccc(-c2ccc3c(c2)C(=O)c2ccccc2C3=O)cc1. The fourth-order valence-electron chi connectivity index (χ4n) is 3.06. The Kier molecular flexibility index (Phi) is 3.28. The Morgan fingerprint density at radius 3 is 1.79 bits per heavy atom. The number of methoxy groups -OCH3 is 1. The van der Waals surface area contributed by atoms with E-state index in [2.05, 4.69) is 0 Å². The Morgan fingerprint density at radius 2 is 1.17 bits per heavy atom. The molecule has 4 rings (SSSR count). The van der Waals surface area contributed by atoms with Crippen molar-refractivity contribution in [3.63, 3.8) is 0 Å². The van der Waals surface area contributed by atoms with Crippen LogP contribution in [0.4, 0.5) is 0 Å². The number of hydrogen-bond acceptors (Lipinski definition) is 3. The smallest absolute Gasteiger partial charge is 0.194 e. The largest absolute Gasteiger partial charge is 0.497 e. The van der Waals surface area contributed by atoms with Crippen molar-refractivity contribution in [3.8, 4) is 16.9 Å². The number of ether oxygens (including phenoxy) is 1. The molecule has 1 aliphatic rings. The van der Waals surface area contributed by atoms with Crippen LogP contribution in [0.25, 0.3) is 11.1 Å². The molecular formula is C21H14O3. The second-order valence-corrected chi connectivity index (χ2v) is 5.69. The summed E-state index contributed by atoms with van der Waals surface area (Å²) in [5, 5.41) is 0. The van der Waals surface area contributed by atoms with Crippen molar-refractivity contribution in [1.29, 1.82) is 0 Å². The molecule has 0 atom stereocenters. The molecule has 0 spiro atoms. The van der Waals surface area contributed by atoms with Gasteiger partial charge in [0.15, 0.2) is 11.6 Å². The van der Waals surface area contributed by atoms with Gasteiger partial charge in [-0.1, -0.05) is 42.5 Å². The molecule has 0 saturated heterocycles. The van der Waals surface area contributed by atoms with Gasteiger partial charge >= 0.3 is 0 Å². The molecule has 0 radical (unpaired) electrons. The first-order chi connectivity index (χ1) is 11.7. The van der Waals surface area contributed by atoms with Crippen LogP contribution in [-0.4, -0.2) is 18.7 Å². The lowest BCUT2D eigenvalue weighted by Gasteiger charge is -2.18. The van der Waals surface area contributed by atoms with E-state index in [1.165, 1.54) is 0 Å². The van der Waals surface area contributed by atoms with Crippen LogP contribution >= 0.6 is 0 Å². The van der Waals surface area contributed by atoms with Gasteiger partial charge in [0.05, 0.1) is 7.11 Å². The van der Waals surface area contributed by atoms with Gasteiger partial charge in [0.25, 0.3) is 0 Å². The molecule has 3 aromatic carbocycles. The number of ketones is 2. The van der Waals surface area contributed by atoms with E-state index in [0.29, 0.717) is 22.3 Å². The minimum atomic E-state index is -0.101. The molecule has 0 N–H and O–H groups in total. The summed E-state index contributed by atoms with van der Waals surface area (Å²) in [4.78, 5) is 25.4. The highest BCUT2D eigenvalue weighted by Crippen LogP contribution is 2.31. The van der Waals surface area contributed by atoms with Gasteiger partial charge in [0, 0.05) is 22.3 Å². The zero-order valence-electron chi connectivity index (χ0n) is 13.1. The van der Waals surface area contributed by atoms with Gasteiger partial charge in [-0.15, -0.1) is 0 Å². The molecule has 0 heterocycles. The first-order valence-corrected chi connectivity index (χ1v) is 7.66. The standard InChI is InChI=1S/C21H14O3/c1-24-15-9-6-13(7-10-15)14-8-11-18-19(12-14)21(23)17-5-3-2-4-16(17)20(18)22/h2-12H,1H3. The number of rotatable bonds is 2. The first kappa shape index (κ1) is 14.4. The summed E-state index contributed by atoms with van der Waals surface area (Å²) < 4.78 is 5.17. The molecule has 0 saturated carbocycles. The lowest BCUT2D eigenvalue weighted by Crippen LogP contribution is -2.20. The van der Waals surface area contributed by atoms with E-state index in [1.54, 1.807) is 43.5 Å². The molecule has 0 aliphatic heterocycles. The second-order valence-electron chi connectivity index (χ2n) is 5.69. The van der Waals surface area contributed by atoms with Gasteiger partial charge in [-0.3, -0.25) is 9.59 Å². The number of benzene rings is 3. The number of carbonyl (C=O) groups excluding carboxylic acids is 2. The molecular weight excluding hydrogens is 300 g/mol. The van der Waals surface area contributed by atoms with Crippen molar-refractivity contribution in [3.05, 3.63) is 89.0 Å². The summed E-state index contributed by atoms with van der Waals surface area (Å²) in [5.74, 6) is 0.578. The molecule has 0 aromatic heterocycles. The average molecular weight is 314 g/mol. The molecule has 3 aromatic rings. The first-order valence-electron chi connectivity index (χ1n) is 7.66. The second kappa shape index (κ2) is 5.46. The van der Waals surface area contributed by atoms with E-state index in [0.717, 1.165) is 16.9 Å². The van der Waals surface area contributed by atoms with Crippen LogP contribution in [0.2, 0.25) is 0 Å². The zero-order chi connectivity index (χ0) is 16.7. The molecule has 0 unspecified atom stereocenters. The van der Waals surface area contributed by atoms with Crippen molar-refractivity contribution in [2.75, 3.05) is 7.11 Å². The van der Waals surface area contributed by atoms with Crippen LogP contribution in [0, 0.1) is 0 Å². The van der Waals surface area contributed by atoms with Gasteiger partial charge in [0.1, 0.15) is 5.75 Å². The monoisotopic (exact) mass is 314 g/mol. The lowest BCUT2D eigenvalue weighted by atomic mass is 9.83. The predicted molar refractivity (Wildman–Crippen MR) is 91.7 cm³/mol. The van der Waals surface area contributed by atoms with Gasteiger partial charge in [0.2, 0.25) is 0 Å². The van der Waals surface area contributed by atoms with Crippen LogP contribution in [-0.2, 0) is 0 Å². The van der Waals surface area contributed by atoms with Crippen LogP contribution in [0.3, 0.4) is 0 Å². The number of carbonyl (C=O) groups is 2. The highest BCUT2D eigenvalue weighted by atomic mass is 16.5. The van der Waals surface area contributed by atoms with Crippen molar-refractivity contribution in [1.82, 2.24) is 0 Å². The Bertz CT molecular complexity index is 969. The quantitative estimate of drug-likeness (QED) is 0.558. The molecule has 0 amide bonds. The van der Waals surface area contributed by atoms with Crippen molar-refractivity contribution in [2.45, 2.75) is 0 Å². The van der Waals surface area contributed by atoms with Crippen LogP contribution in [0.1, 0.15) is 31.8 Å². The van der Waals surface area contributed by atoms with Gasteiger partial charge in [-0.05, 0) is 35.4 Å². The summed E-state index contributed by atoms with van der Waals surface area (Å²) >= 11 is 0. The summed E-state index contributed by atoms with van der Waals surface area (Å²) in [6.45, 7) is 0.